The van der Waals surface area contributed by atoms with E-state index >= 15 is 0 Å². The molecule has 4 nitrogen and oxygen atoms in total. The Morgan fingerprint density at radius 3 is 2.62 bits per heavy atom. The number of ether oxygens (including phenoxy) is 2. The second-order valence-corrected chi connectivity index (χ2v) is 8.20. The van der Waals surface area contributed by atoms with Gasteiger partial charge >= 0.3 is 0 Å². The summed E-state index contributed by atoms with van der Waals surface area (Å²) in [6, 6.07) is 15.1. The summed E-state index contributed by atoms with van der Waals surface area (Å²) in [7, 11) is 0. The maximum atomic E-state index is 9.25. The van der Waals surface area contributed by atoms with Crippen molar-refractivity contribution in [1.29, 1.82) is 5.26 Å². The minimum atomic E-state index is 0.653. The molecule has 158 valence electrons. The summed E-state index contributed by atoms with van der Waals surface area (Å²) in [4.78, 5) is 0. The summed E-state index contributed by atoms with van der Waals surface area (Å²) >= 11 is 0. The van der Waals surface area contributed by atoms with Gasteiger partial charge in [-0.2, -0.15) is 5.26 Å². The molecule has 0 amide bonds. The molecule has 5 rings (SSSR count). The van der Waals surface area contributed by atoms with Crippen LogP contribution >= 0.6 is 0 Å². The zero-order valence-electron chi connectivity index (χ0n) is 18.7. The summed E-state index contributed by atoms with van der Waals surface area (Å²) < 4.78 is 14.5. The average Bonchev–Trinajstić information content (AvgIpc) is 3.09. The molecule has 2 aliphatic rings. The summed E-state index contributed by atoms with van der Waals surface area (Å²) in [6.45, 7) is 8.85. The summed E-state index contributed by atoms with van der Waals surface area (Å²) in [5, 5.41) is 11.7. The van der Waals surface area contributed by atoms with Gasteiger partial charge in [-0.05, 0) is 69.2 Å². The zero-order valence-corrected chi connectivity index (χ0v) is 18.7. The molecule has 0 bridgehead atoms. The van der Waals surface area contributed by atoms with Crippen LogP contribution in [0.4, 0.5) is 0 Å². The topological polar surface area (TPSA) is 47.2 Å². The van der Waals surface area contributed by atoms with Crippen molar-refractivity contribution in [2.24, 2.45) is 0 Å². The fraction of sp³-hybridized carbons (Fsp3) is 0.179. The maximum absolute atomic E-state index is 9.25. The fourth-order valence-electron chi connectivity index (χ4n) is 4.48. The molecule has 32 heavy (non-hydrogen) atoms. The van der Waals surface area contributed by atoms with Crippen LogP contribution in [0.5, 0.6) is 5.75 Å². The van der Waals surface area contributed by atoms with E-state index in [1.807, 2.05) is 31.2 Å². The molecule has 0 saturated carbocycles. The number of hydrogen-bond donors (Lipinski definition) is 0. The van der Waals surface area contributed by atoms with Crippen LogP contribution in [0.2, 0.25) is 0 Å². The number of aryl methyl sites for hydroxylation is 1. The van der Waals surface area contributed by atoms with Crippen molar-refractivity contribution in [3.05, 3.63) is 94.7 Å². The molecule has 2 aromatic carbocycles. The number of benzene rings is 2. The monoisotopic (exact) mass is 420 g/mol. The second-order valence-electron chi connectivity index (χ2n) is 8.20. The smallest absolute Gasteiger partial charge is 0.137 e. The van der Waals surface area contributed by atoms with Gasteiger partial charge < -0.3 is 14.0 Å². The lowest BCUT2D eigenvalue weighted by Gasteiger charge is -2.20. The minimum absolute atomic E-state index is 0.653. The lowest BCUT2D eigenvalue weighted by molar-refractivity contribution is 0.313. The van der Waals surface area contributed by atoms with E-state index in [0.29, 0.717) is 17.1 Å². The first-order chi connectivity index (χ1) is 15.5. The highest BCUT2D eigenvalue weighted by atomic mass is 16.5. The van der Waals surface area contributed by atoms with Crippen LogP contribution in [-0.4, -0.2) is 4.57 Å². The first kappa shape index (κ1) is 20.0. The van der Waals surface area contributed by atoms with Crippen LogP contribution in [0, 0.1) is 11.3 Å². The summed E-state index contributed by atoms with van der Waals surface area (Å²) in [5.74, 6) is 2.95. The highest BCUT2D eigenvalue weighted by molar-refractivity contribution is 6.09. The van der Waals surface area contributed by atoms with Crippen LogP contribution < -0.4 is 4.74 Å². The first-order valence-electron chi connectivity index (χ1n) is 10.8. The minimum Gasteiger partial charge on any atom is -0.462 e. The third kappa shape index (κ3) is 3.23. The van der Waals surface area contributed by atoms with Crippen LogP contribution in [0.25, 0.3) is 27.4 Å². The maximum Gasteiger partial charge on any atom is 0.137 e. The molecule has 3 heterocycles. The molecule has 0 aliphatic carbocycles. The number of nitrogens with zero attached hydrogens (tertiary/aromatic N) is 2. The van der Waals surface area contributed by atoms with Gasteiger partial charge in [-0.25, -0.2) is 0 Å². The number of fused-ring (bicyclic) bond motifs is 4. The predicted octanol–water partition coefficient (Wildman–Crippen LogP) is 7.15. The van der Waals surface area contributed by atoms with E-state index in [1.165, 1.54) is 21.8 Å². The highest BCUT2D eigenvalue weighted by Gasteiger charge is 2.20. The van der Waals surface area contributed by atoms with Crippen molar-refractivity contribution >= 4 is 27.4 Å². The number of nitriles is 1. The quantitative estimate of drug-likeness (QED) is 0.414. The lowest BCUT2D eigenvalue weighted by Crippen LogP contribution is -2.05. The zero-order chi connectivity index (χ0) is 22.4. The molecule has 2 aliphatic heterocycles. The number of para-hydroxylation sites is 1. The van der Waals surface area contributed by atoms with Gasteiger partial charge in [0.25, 0.3) is 0 Å². The Labute approximate surface area is 187 Å². The van der Waals surface area contributed by atoms with E-state index in [1.54, 1.807) is 6.92 Å². The van der Waals surface area contributed by atoms with Crippen molar-refractivity contribution in [3.63, 3.8) is 0 Å². The van der Waals surface area contributed by atoms with Crippen LogP contribution in [0.15, 0.2) is 89.1 Å². The third-order valence-electron chi connectivity index (χ3n) is 6.02. The number of rotatable bonds is 2. The van der Waals surface area contributed by atoms with Gasteiger partial charge in [0, 0.05) is 46.1 Å². The van der Waals surface area contributed by atoms with Gasteiger partial charge in [0.1, 0.15) is 23.0 Å². The predicted molar refractivity (Wildman–Crippen MR) is 129 cm³/mol. The number of aromatic nitrogens is 1. The van der Waals surface area contributed by atoms with Crippen molar-refractivity contribution < 1.29 is 9.47 Å². The van der Waals surface area contributed by atoms with E-state index in [-0.39, 0.29) is 0 Å². The van der Waals surface area contributed by atoms with Crippen LogP contribution in [0.3, 0.4) is 0 Å². The lowest BCUT2D eigenvalue weighted by atomic mass is 10.00. The van der Waals surface area contributed by atoms with Crippen molar-refractivity contribution in [2.45, 2.75) is 34.2 Å². The fourth-order valence-corrected chi connectivity index (χ4v) is 4.48. The normalized spacial score (nSPS) is 18.3. The van der Waals surface area contributed by atoms with Gasteiger partial charge in [-0.1, -0.05) is 18.2 Å². The molecular weight excluding hydrogens is 396 g/mol. The van der Waals surface area contributed by atoms with Gasteiger partial charge in [-0.15, -0.1) is 0 Å². The van der Waals surface area contributed by atoms with Crippen molar-refractivity contribution in [3.8, 4) is 11.8 Å². The molecule has 0 fully saturated rings. The Hall–Kier alpha value is -3.97. The average molecular weight is 421 g/mol. The summed E-state index contributed by atoms with van der Waals surface area (Å²) in [5.41, 5.74) is 6.15. The summed E-state index contributed by atoms with van der Waals surface area (Å²) in [6.07, 6.45) is 7.66. The van der Waals surface area contributed by atoms with E-state index in [0.717, 1.165) is 34.8 Å². The Balaban J connectivity index is 1.61. The number of hydrogen-bond acceptors (Lipinski definition) is 3. The first-order valence-corrected chi connectivity index (χ1v) is 10.8. The highest BCUT2D eigenvalue weighted by Crippen LogP contribution is 2.40. The van der Waals surface area contributed by atoms with Gasteiger partial charge in [0.2, 0.25) is 0 Å². The van der Waals surface area contributed by atoms with Crippen LogP contribution in [-0.2, 0) is 11.3 Å². The molecule has 0 spiro atoms. The third-order valence-corrected chi connectivity index (χ3v) is 6.02. The standard InChI is InChI=1S/C28H24N2O2/c1-5-30-26-9-7-6-8-23(26)25-14-24-17(2)10-21(32-28(24)15-27(25)30)13-22-12-20(18(3)16-29)11-19(4)31-22/h6-15H,5H2,1-4H3/b20-18-,21-13+. The van der Waals surface area contributed by atoms with Gasteiger partial charge in [0.05, 0.1) is 11.6 Å². The molecule has 0 N–H and O–H groups in total. The Kier molecular flexibility index (Phi) is 4.75. The largest absolute Gasteiger partial charge is 0.462 e. The van der Waals surface area contributed by atoms with E-state index in [2.05, 4.69) is 60.9 Å². The molecule has 0 unspecified atom stereocenters. The van der Waals surface area contributed by atoms with Gasteiger partial charge in [0.15, 0.2) is 0 Å². The molecule has 4 heteroatoms. The second kappa shape index (κ2) is 7.62. The van der Waals surface area contributed by atoms with Crippen molar-refractivity contribution in [2.75, 3.05) is 0 Å². The van der Waals surface area contributed by atoms with E-state index in [9.17, 15) is 5.26 Å². The van der Waals surface area contributed by atoms with Gasteiger partial charge in [-0.3, -0.25) is 0 Å². The Morgan fingerprint density at radius 1 is 1.03 bits per heavy atom. The number of allylic oxidation sites excluding steroid dienone is 8. The Bertz CT molecular complexity index is 1480. The molecule has 1 aromatic heterocycles. The van der Waals surface area contributed by atoms with E-state index in [4.69, 9.17) is 9.47 Å². The molecule has 0 radical (unpaired) electrons. The SMILES string of the molecule is CCn1c2ccccc2c2cc3c(cc21)O/C(=C/C1=CC(=C(/C)C#N)/C=C(C)O1)C=C3C. The van der Waals surface area contributed by atoms with Crippen molar-refractivity contribution in [1.82, 2.24) is 4.57 Å². The molecule has 0 saturated heterocycles. The Morgan fingerprint density at radius 2 is 1.84 bits per heavy atom. The molecule has 0 atom stereocenters. The van der Waals surface area contributed by atoms with Crippen LogP contribution in [0.1, 0.15) is 33.3 Å². The molecule has 3 aromatic rings. The molecular formula is C28H24N2O2. The van der Waals surface area contributed by atoms with E-state index < -0.39 is 0 Å².